The number of nitrogens with zero attached hydrogens (tertiary/aromatic N) is 1. The van der Waals surface area contributed by atoms with Gasteiger partial charge in [0.2, 0.25) is 0 Å². The molecule has 0 spiro atoms. The monoisotopic (exact) mass is 152 g/mol. The van der Waals surface area contributed by atoms with Crippen LogP contribution in [-0.4, -0.2) is 11.6 Å². The maximum absolute atomic E-state index is 8.94. The van der Waals surface area contributed by atoms with E-state index in [1.807, 2.05) is 0 Å². The highest BCUT2D eigenvalue weighted by Gasteiger charge is 2.33. The van der Waals surface area contributed by atoms with Crippen LogP contribution in [0.2, 0.25) is 0 Å². The molecule has 0 heterocycles. The lowest BCUT2D eigenvalue weighted by molar-refractivity contribution is 0.383. The lowest BCUT2D eigenvalue weighted by Crippen LogP contribution is -2.44. The van der Waals surface area contributed by atoms with Crippen molar-refractivity contribution in [3.8, 4) is 6.07 Å². The van der Waals surface area contributed by atoms with Gasteiger partial charge in [-0.25, -0.2) is 0 Å². The van der Waals surface area contributed by atoms with Gasteiger partial charge in [0.15, 0.2) is 0 Å². The van der Waals surface area contributed by atoms with Gasteiger partial charge in [-0.15, -0.1) is 0 Å². The Bertz CT molecular complexity index is 161. The van der Waals surface area contributed by atoms with Gasteiger partial charge in [-0.1, -0.05) is 13.8 Å². The molecule has 0 atom stereocenters. The molecule has 0 aromatic rings. The Labute approximate surface area is 68.6 Å². The zero-order valence-electron chi connectivity index (χ0n) is 7.35. The molecule has 0 bridgehead atoms. The van der Waals surface area contributed by atoms with E-state index in [0.29, 0.717) is 6.04 Å². The maximum atomic E-state index is 8.94. The molecule has 62 valence electrons. The van der Waals surface area contributed by atoms with Gasteiger partial charge in [0.1, 0.15) is 5.54 Å². The number of rotatable bonds is 4. The summed E-state index contributed by atoms with van der Waals surface area (Å²) in [5.41, 5.74) is -0.235. The Morgan fingerprint density at radius 3 is 2.27 bits per heavy atom. The van der Waals surface area contributed by atoms with E-state index in [4.69, 9.17) is 5.26 Å². The first-order valence-corrected chi connectivity index (χ1v) is 4.45. The molecule has 1 rings (SSSR count). The van der Waals surface area contributed by atoms with Crippen molar-refractivity contribution < 1.29 is 0 Å². The first-order valence-electron chi connectivity index (χ1n) is 4.45. The van der Waals surface area contributed by atoms with Gasteiger partial charge >= 0.3 is 0 Å². The van der Waals surface area contributed by atoms with Gasteiger partial charge in [0.05, 0.1) is 6.07 Å². The summed E-state index contributed by atoms with van der Waals surface area (Å²) in [6.45, 7) is 4.14. The van der Waals surface area contributed by atoms with Crippen molar-refractivity contribution in [2.45, 2.75) is 51.1 Å². The topological polar surface area (TPSA) is 35.8 Å². The Kier molecular flexibility index (Phi) is 2.51. The first-order chi connectivity index (χ1) is 5.26. The Balaban J connectivity index is 2.48. The van der Waals surface area contributed by atoms with Gasteiger partial charge in [-0.05, 0) is 25.7 Å². The zero-order chi connectivity index (χ0) is 8.32. The minimum absolute atomic E-state index is 0.235. The molecule has 1 aliphatic carbocycles. The molecule has 1 saturated carbocycles. The van der Waals surface area contributed by atoms with Crippen molar-refractivity contribution in [1.29, 1.82) is 5.26 Å². The van der Waals surface area contributed by atoms with E-state index in [1.165, 1.54) is 12.8 Å². The summed E-state index contributed by atoms with van der Waals surface area (Å²) in [6.07, 6.45) is 4.33. The van der Waals surface area contributed by atoms with Crippen LogP contribution < -0.4 is 5.32 Å². The fourth-order valence-electron chi connectivity index (χ4n) is 1.26. The van der Waals surface area contributed by atoms with Crippen LogP contribution in [0.1, 0.15) is 39.5 Å². The van der Waals surface area contributed by atoms with Crippen molar-refractivity contribution >= 4 is 0 Å². The van der Waals surface area contributed by atoms with Crippen LogP contribution >= 0.6 is 0 Å². The van der Waals surface area contributed by atoms with Gasteiger partial charge in [0.25, 0.3) is 0 Å². The number of hydrogen-bond acceptors (Lipinski definition) is 2. The number of nitriles is 1. The van der Waals surface area contributed by atoms with Crippen molar-refractivity contribution in [2.75, 3.05) is 0 Å². The van der Waals surface area contributed by atoms with Crippen LogP contribution in [0.15, 0.2) is 0 Å². The highest BCUT2D eigenvalue weighted by atomic mass is 15.0. The molecule has 2 heteroatoms. The molecule has 0 aliphatic heterocycles. The number of nitrogens with one attached hydrogen (secondary N) is 1. The quantitative estimate of drug-likeness (QED) is 0.667. The van der Waals surface area contributed by atoms with Gasteiger partial charge < -0.3 is 0 Å². The van der Waals surface area contributed by atoms with E-state index in [0.717, 1.165) is 12.8 Å². The van der Waals surface area contributed by atoms with Crippen LogP contribution in [0.25, 0.3) is 0 Å². The first kappa shape index (κ1) is 8.55. The Hall–Kier alpha value is -0.550. The van der Waals surface area contributed by atoms with E-state index in [2.05, 4.69) is 25.2 Å². The predicted octanol–water partition coefficient (Wildman–Crippen LogP) is 1.82. The molecule has 0 aromatic heterocycles. The molecule has 0 radical (unpaired) electrons. The second kappa shape index (κ2) is 3.23. The van der Waals surface area contributed by atoms with E-state index in [-0.39, 0.29) is 5.54 Å². The average molecular weight is 152 g/mol. The molecule has 0 saturated heterocycles. The molecular formula is C9H16N2. The third kappa shape index (κ3) is 1.94. The standard InChI is InChI=1S/C9H16N2/c1-3-9(4-2,7-10)11-8-5-6-8/h8,11H,3-6H2,1-2H3. The Morgan fingerprint density at radius 2 is 2.00 bits per heavy atom. The van der Waals surface area contributed by atoms with Crippen molar-refractivity contribution in [3.63, 3.8) is 0 Å². The average Bonchev–Trinajstić information content (AvgIpc) is 2.84. The number of hydrogen-bond donors (Lipinski definition) is 1. The molecule has 0 aromatic carbocycles. The molecular weight excluding hydrogens is 136 g/mol. The summed E-state index contributed by atoms with van der Waals surface area (Å²) >= 11 is 0. The summed E-state index contributed by atoms with van der Waals surface area (Å²) in [5.74, 6) is 0. The summed E-state index contributed by atoms with van der Waals surface area (Å²) in [4.78, 5) is 0. The minimum atomic E-state index is -0.235. The second-order valence-corrected chi connectivity index (χ2v) is 3.32. The Morgan fingerprint density at radius 1 is 1.45 bits per heavy atom. The molecule has 1 fully saturated rings. The largest absolute Gasteiger partial charge is 0.297 e. The van der Waals surface area contributed by atoms with E-state index < -0.39 is 0 Å². The summed E-state index contributed by atoms with van der Waals surface area (Å²) in [5, 5.41) is 12.3. The van der Waals surface area contributed by atoms with Crippen LogP contribution in [0.3, 0.4) is 0 Å². The summed E-state index contributed by atoms with van der Waals surface area (Å²) in [7, 11) is 0. The fourth-order valence-corrected chi connectivity index (χ4v) is 1.26. The molecule has 11 heavy (non-hydrogen) atoms. The highest BCUT2D eigenvalue weighted by molar-refractivity contribution is 5.08. The van der Waals surface area contributed by atoms with Crippen LogP contribution in [-0.2, 0) is 0 Å². The maximum Gasteiger partial charge on any atom is 0.106 e. The summed E-state index contributed by atoms with van der Waals surface area (Å²) in [6, 6.07) is 3.01. The van der Waals surface area contributed by atoms with E-state index in [9.17, 15) is 0 Å². The second-order valence-electron chi connectivity index (χ2n) is 3.32. The molecule has 2 nitrogen and oxygen atoms in total. The van der Waals surface area contributed by atoms with Gasteiger partial charge in [-0.2, -0.15) is 5.26 Å². The van der Waals surface area contributed by atoms with Gasteiger partial charge in [0, 0.05) is 6.04 Å². The fraction of sp³-hybridized carbons (Fsp3) is 0.889. The third-order valence-electron chi connectivity index (χ3n) is 2.48. The van der Waals surface area contributed by atoms with Crippen LogP contribution in [0.5, 0.6) is 0 Å². The normalized spacial score (nSPS) is 17.9. The van der Waals surface area contributed by atoms with Crippen molar-refractivity contribution in [1.82, 2.24) is 5.32 Å². The molecule has 1 N–H and O–H groups in total. The van der Waals surface area contributed by atoms with E-state index in [1.54, 1.807) is 0 Å². The lowest BCUT2D eigenvalue weighted by atomic mass is 9.95. The zero-order valence-corrected chi connectivity index (χ0v) is 7.35. The predicted molar refractivity (Wildman–Crippen MR) is 45.1 cm³/mol. The molecule has 0 unspecified atom stereocenters. The SMILES string of the molecule is CCC(C#N)(CC)NC1CC1. The van der Waals surface area contributed by atoms with Crippen molar-refractivity contribution in [2.24, 2.45) is 0 Å². The van der Waals surface area contributed by atoms with Crippen LogP contribution in [0.4, 0.5) is 0 Å². The van der Waals surface area contributed by atoms with Crippen molar-refractivity contribution in [3.05, 3.63) is 0 Å². The van der Waals surface area contributed by atoms with Crippen LogP contribution in [0, 0.1) is 11.3 Å². The molecule has 0 amide bonds. The highest BCUT2D eigenvalue weighted by Crippen LogP contribution is 2.25. The third-order valence-corrected chi connectivity index (χ3v) is 2.48. The summed E-state index contributed by atoms with van der Waals surface area (Å²) < 4.78 is 0. The molecule has 1 aliphatic rings. The minimum Gasteiger partial charge on any atom is -0.297 e. The lowest BCUT2D eigenvalue weighted by Gasteiger charge is -2.24. The van der Waals surface area contributed by atoms with Gasteiger partial charge in [-0.3, -0.25) is 5.32 Å². The van der Waals surface area contributed by atoms with E-state index >= 15 is 0 Å². The smallest absolute Gasteiger partial charge is 0.106 e.